The lowest BCUT2D eigenvalue weighted by Crippen LogP contribution is -2.49. The molecule has 0 bridgehead atoms. The standard InChI is InChI=1S/C27H36N2O5/c1-4-6-15-28-27(31)23(5-2)29(19-21-7-11-22(32-3)12-8-21)26(30)14-10-20-9-13-24-25(18-20)34-17-16-33-24/h7-9,11-13,18,23H,4-6,10,14-17,19H2,1-3H3,(H,28,31)/t23-/m0/s1. The van der Waals surface area contributed by atoms with Gasteiger partial charge in [-0.05, 0) is 54.7 Å². The average molecular weight is 469 g/mol. The number of unbranched alkanes of at least 4 members (excludes halogenated alkanes) is 1. The predicted molar refractivity (Wildman–Crippen MR) is 131 cm³/mol. The highest BCUT2D eigenvalue weighted by atomic mass is 16.6. The molecule has 0 spiro atoms. The Bertz CT molecular complexity index is 945. The normalized spacial score (nSPS) is 13.1. The van der Waals surface area contributed by atoms with Crippen LogP contribution in [0.25, 0.3) is 0 Å². The lowest BCUT2D eigenvalue weighted by atomic mass is 10.1. The number of carbonyl (C=O) groups excluding carboxylic acids is 2. The summed E-state index contributed by atoms with van der Waals surface area (Å²) >= 11 is 0. The minimum Gasteiger partial charge on any atom is -0.497 e. The number of benzene rings is 2. The van der Waals surface area contributed by atoms with Crippen molar-refractivity contribution < 1.29 is 23.8 Å². The van der Waals surface area contributed by atoms with Gasteiger partial charge in [0.15, 0.2) is 11.5 Å². The molecule has 1 aliphatic rings. The fourth-order valence-electron chi connectivity index (χ4n) is 3.99. The molecular weight excluding hydrogens is 432 g/mol. The van der Waals surface area contributed by atoms with E-state index in [4.69, 9.17) is 14.2 Å². The van der Waals surface area contributed by atoms with Crippen LogP contribution >= 0.6 is 0 Å². The summed E-state index contributed by atoms with van der Waals surface area (Å²) in [6.45, 7) is 6.08. The number of hydrogen-bond acceptors (Lipinski definition) is 5. The molecule has 1 heterocycles. The van der Waals surface area contributed by atoms with Crippen molar-refractivity contribution in [3.63, 3.8) is 0 Å². The Morgan fingerprint density at radius 1 is 1.03 bits per heavy atom. The summed E-state index contributed by atoms with van der Waals surface area (Å²) in [5.41, 5.74) is 1.95. The highest BCUT2D eigenvalue weighted by molar-refractivity contribution is 5.87. The van der Waals surface area contributed by atoms with E-state index in [0.717, 1.165) is 35.5 Å². The van der Waals surface area contributed by atoms with Gasteiger partial charge in [0, 0.05) is 19.5 Å². The summed E-state index contributed by atoms with van der Waals surface area (Å²) in [6.07, 6.45) is 3.32. The van der Waals surface area contributed by atoms with E-state index >= 15 is 0 Å². The van der Waals surface area contributed by atoms with Gasteiger partial charge >= 0.3 is 0 Å². The van der Waals surface area contributed by atoms with Crippen LogP contribution in [0.5, 0.6) is 17.2 Å². The van der Waals surface area contributed by atoms with Crippen LogP contribution in [0.4, 0.5) is 0 Å². The van der Waals surface area contributed by atoms with Crippen LogP contribution in [0.15, 0.2) is 42.5 Å². The van der Waals surface area contributed by atoms with Gasteiger partial charge in [-0.2, -0.15) is 0 Å². The fraction of sp³-hybridized carbons (Fsp3) is 0.481. The van der Waals surface area contributed by atoms with E-state index in [-0.39, 0.29) is 11.8 Å². The van der Waals surface area contributed by atoms with E-state index in [1.54, 1.807) is 12.0 Å². The Morgan fingerprint density at radius 2 is 1.74 bits per heavy atom. The maximum atomic E-state index is 13.4. The SMILES string of the molecule is CCCCNC(=O)[C@H](CC)N(Cc1ccc(OC)cc1)C(=O)CCc1ccc2c(c1)OCCO2. The number of nitrogens with one attached hydrogen (secondary N) is 1. The molecule has 7 heteroatoms. The lowest BCUT2D eigenvalue weighted by Gasteiger charge is -2.31. The van der Waals surface area contributed by atoms with E-state index in [1.165, 1.54) is 0 Å². The molecule has 7 nitrogen and oxygen atoms in total. The summed E-state index contributed by atoms with van der Waals surface area (Å²) in [5.74, 6) is 2.05. The first kappa shape index (κ1) is 25.4. The zero-order valence-corrected chi connectivity index (χ0v) is 20.5. The van der Waals surface area contributed by atoms with Gasteiger partial charge < -0.3 is 24.4 Å². The van der Waals surface area contributed by atoms with Crippen LogP contribution in [-0.2, 0) is 22.6 Å². The Labute approximate surface area is 202 Å². The molecule has 2 amide bonds. The Kier molecular flexibility index (Phi) is 9.62. The number of rotatable bonds is 12. The molecular formula is C27H36N2O5. The summed E-state index contributed by atoms with van der Waals surface area (Å²) in [4.78, 5) is 28.1. The summed E-state index contributed by atoms with van der Waals surface area (Å²) in [7, 11) is 1.62. The molecule has 2 aromatic rings. The van der Waals surface area contributed by atoms with E-state index in [2.05, 4.69) is 12.2 Å². The molecule has 0 saturated heterocycles. The van der Waals surface area contributed by atoms with Gasteiger partial charge in [-0.3, -0.25) is 9.59 Å². The zero-order chi connectivity index (χ0) is 24.3. The molecule has 0 aromatic heterocycles. The second kappa shape index (κ2) is 12.9. The van der Waals surface area contributed by atoms with Crippen molar-refractivity contribution in [3.05, 3.63) is 53.6 Å². The second-order valence-electron chi connectivity index (χ2n) is 8.42. The first-order valence-electron chi connectivity index (χ1n) is 12.1. The van der Waals surface area contributed by atoms with Crippen molar-refractivity contribution >= 4 is 11.8 Å². The summed E-state index contributed by atoms with van der Waals surface area (Å²) in [6, 6.07) is 12.9. The molecule has 0 radical (unpaired) electrons. The molecule has 0 fully saturated rings. The van der Waals surface area contributed by atoms with E-state index in [0.29, 0.717) is 51.3 Å². The van der Waals surface area contributed by atoms with Crippen molar-refractivity contribution in [3.8, 4) is 17.2 Å². The van der Waals surface area contributed by atoms with Crippen molar-refractivity contribution in [1.82, 2.24) is 10.2 Å². The second-order valence-corrected chi connectivity index (χ2v) is 8.42. The number of aryl methyl sites for hydroxylation is 1. The van der Waals surface area contributed by atoms with Gasteiger partial charge in [-0.15, -0.1) is 0 Å². The Morgan fingerprint density at radius 3 is 2.41 bits per heavy atom. The maximum Gasteiger partial charge on any atom is 0.242 e. The quantitative estimate of drug-likeness (QED) is 0.474. The van der Waals surface area contributed by atoms with Crippen LogP contribution in [0, 0.1) is 0 Å². The third-order valence-electron chi connectivity index (χ3n) is 5.96. The molecule has 0 saturated carbocycles. The van der Waals surface area contributed by atoms with E-state index < -0.39 is 6.04 Å². The molecule has 2 aromatic carbocycles. The number of amides is 2. The Balaban J connectivity index is 1.73. The van der Waals surface area contributed by atoms with Crippen LogP contribution in [0.3, 0.4) is 0 Å². The molecule has 1 aliphatic heterocycles. The van der Waals surface area contributed by atoms with E-state index in [1.807, 2.05) is 49.4 Å². The first-order valence-corrected chi connectivity index (χ1v) is 12.1. The van der Waals surface area contributed by atoms with Gasteiger partial charge in [0.25, 0.3) is 0 Å². The maximum absolute atomic E-state index is 13.4. The zero-order valence-electron chi connectivity index (χ0n) is 20.5. The number of hydrogen-bond donors (Lipinski definition) is 1. The number of nitrogens with zero attached hydrogens (tertiary/aromatic N) is 1. The van der Waals surface area contributed by atoms with Crippen LogP contribution < -0.4 is 19.5 Å². The monoisotopic (exact) mass is 468 g/mol. The summed E-state index contributed by atoms with van der Waals surface area (Å²) in [5, 5.41) is 3.00. The van der Waals surface area contributed by atoms with E-state index in [9.17, 15) is 9.59 Å². The predicted octanol–water partition coefficient (Wildman–Crippen LogP) is 4.12. The minimum atomic E-state index is -0.522. The smallest absolute Gasteiger partial charge is 0.242 e. The topological polar surface area (TPSA) is 77.1 Å². The van der Waals surface area contributed by atoms with Crippen molar-refractivity contribution in [1.29, 1.82) is 0 Å². The van der Waals surface area contributed by atoms with Gasteiger partial charge in [0.05, 0.1) is 7.11 Å². The fourth-order valence-corrected chi connectivity index (χ4v) is 3.99. The molecule has 3 rings (SSSR count). The van der Waals surface area contributed by atoms with Gasteiger partial charge in [-0.25, -0.2) is 0 Å². The highest BCUT2D eigenvalue weighted by Crippen LogP contribution is 2.31. The van der Waals surface area contributed by atoms with Crippen LogP contribution in [-0.4, -0.2) is 49.6 Å². The number of ether oxygens (including phenoxy) is 3. The third-order valence-corrected chi connectivity index (χ3v) is 5.96. The Hall–Kier alpha value is -3.22. The highest BCUT2D eigenvalue weighted by Gasteiger charge is 2.28. The molecule has 0 aliphatic carbocycles. The molecule has 184 valence electrons. The molecule has 0 unspecified atom stereocenters. The average Bonchev–Trinajstić information content (AvgIpc) is 2.87. The van der Waals surface area contributed by atoms with Crippen molar-refractivity contribution in [2.75, 3.05) is 26.9 Å². The first-order chi connectivity index (χ1) is 16.5. The van der Waals surface area contributed by atoms with Gasteiger partial charge in [0.1, 0.15) is 25.0 Å². The number of carbonyl (C=O) groups is 2. The molecule has 34 heavy (non-hydrogen) atoms. The minimum absolute atomic E-state index is 0.0526. The van der Waals surface area contributed by atoms with Crippen molar-refractivity contribution in [2.24, 2.45) is 0 Å². The molecule has 1 N–H and O–H groups in total. The molecule has 1 atom stereocenters. The van der Waals surface area contributed by atoms with Gasteiger partial charge in [0.2, 0.25) is 11.8 Å². The largest absolute Gasteiger partial charge is 0.497 e. The number of methoxy groups -OCH3 is 1. The van der Waals surface area contributed by atoms with Crippen LogP contribution in [0.2, 0.25) is 0 Å². The third kappa shape index (κ3) is 6.89. The van der Waals surface area contributed by atoms with Crippen molar-refractivity contribution in [2.45, 2.75) is 58.5 Å². The van der Waals surface area contributed by atoms with Crippen LogP contribution in [0.1, 0.15) is 50.7 Å². The lowest BCUT2D eigenvalue weighted by molar-refractivity contribution is -0.141. The summed E-state index contributed by atoms with van der Waals surface area (Å²) < 4.78 is 16.5. The number of fused-ring (bicyclic) bond motifs is 1. The van der Waals surface area contributed by atoms with Gasteiger partial charge in [-0.1, -0.05) is 38.5 Å².